The SMILES string of the molecule is CC1=CC=CC2[CH]([Hf+2]([C]3=CC=CC3)=[C](c3ccc(C(F)(F)F)cc3)c3ccc(C(F)(F)F)cc3)C3(C)C4(C)C=CC=CC4(C)C4(C)C=CC=CC4(C)C3(C)C12C.[Cl-].[Cl-]. The van der Waals surface area contributed by atoms with Crippen LogP contribution in [-0.2, 0) is 33.3 Å². The number of benzene rings is 2. The second-order valence-corrected chi connectivity index (χ2v) is 27.6. The molecule has 58 heavy (non-hydrogen) atoms. The van der Waals surface area contributed by atoms with Gasteiger partial charge in [-0.05, 0) is 0 Å². The molecule has 0 nitrogen and oxygen atoms in total. The Balaban J connectivity index is 0.00000283. The molecule has 8 rings (SSSR count). The normalized spacial score (nSPS) is 37.6. The molecule has 0 saturated heterocycles. The summed E-state index contributed by atoms with van der Waals surface area (Å²) in [7, 11) is 0. The quantitative estimate of drug-likeness (QED) is 0.216. The Hall–Kier alpha value is -2.74. The van der Waals surface area contributed by atoms with Crippen molar-refractivity contribution in [2.45, 2.75) is 77.8 Å². The van der Waals surface area contributed by atoms with E-state index in [2.05, 4.69) is 140 Å². The van der Waals surface area contributed by atoms with Gasteiger partial charge < -0.3 is 24.8 Å². The van der Waals surface area contributed by atoms with Gasteiger partial charge in [0, 0.05) is 0 Å². The monoisotopic (exact) mass is 1000 g/mol. The van der Waals surface area contributed by atoms with Crippen molar-refractivity contribution in [3.63, 3.8) is 0 Å². The van der Waals surface area contributed by atoms with Gasteiger partial charge in [-0.15, -0.1) is 0 Å². The topological polar surface area (TPSA) is 0 Å². The average Bonchev–Trinajstić information content (AvgIpc) is 3.74. The first-order valence-electron chi connectivity index (χ1n) is 19.6. The summed E-state index contributed by atoms with van der Waals surface area (Å²) in [5.41, 5.74) is -1.56. The van der Waals surface area contributed by atoms with Crippen LogP contribution in [0.4, 0.5) is 26.3 Å². The summed E-state index contributed by atoms with van der Waals surface area (Å²) in [5, 5.41) is 0. The van der Waals surface area contributed by atoms with E-state index in [4.69, 9.17) is 0 Å². The number of alkyl halides is 6. The van der Waals surface area contributed by atoms with Crippen LogP contribution in [0, 0.1) is 43.8 Å². The fourth-order valence-electron chi connectivity index (χ4n) is 13.5. The van der Waals surface area contributed by atoms with Gasteiger partial charge in [-0.25, -0.2) is 0 Å². The Morgan fingerprint density at radius 3 is 1.48 bits per heavy atom. The number of fused-ring (bicyclic) bond motifs is 8. The van der Waals surface area contributed by atoms with Crippen molar-refractivity contribution in [3.05, 3.63) is 165 Å². The van der Waals surface area contributed by atoms with E-state index in [1.807, 2.05) is 0 Å². The van der Waals surface area contributed by atoms with Crippen molar-refractivity contribution in [2.24, 2.45) is 43.8 Å². The Kier molecular flexibility index (Phi) is 10.9. The van der Waals surface area contributed by atoms with Crippen LogP contribution in [0.2, 0.25) is 3.67 Å². The summed E-state index contributed by atoms with van der Waals surface area (Å²) >= 11 is -3.87. The first kappa shape index (κ1) is 44.8. The molecule has 2 fully saturated rings. The standard InChI is InChI=1S/C29H37.C15H8F6.C5H5.2ClH.Hf/c1-21-14-13-15-22-20-27(6)25(4)18-10-9-16-23(25,2)24(3)17-11-12-19-26(24,5)29(27,8)28(21,22)7;16-14(17,18)12-5-1-10(2-6-12)9-11-3-7-13(8-4-11)15(19,20)21;1-2-4-5-3-1;;;/h9-20,22H,1-8H3;1-8H;1-3H,4H2;2*1H;/q;;;;;+2/p-2. The van der Waals surface area contributed by atoms with Gasteiger partial charge in [0.2, 0.25) is 0 Å². The minimum absolute atomic E-state index is 0. The van der Waals surface area contributed by atoms with E-state index >= 15 is 0 Å². The molecule has 0 spiro atoms. The predicted octanol–water partition coefficient (Wildman–Crippen LogP) is 8.01. The molecular formula is C49H50Cl2F6Hf. The van der Waals surface area contributed by atoms with Gasteiger partial charge in [-0.1, -0.05) is 0 Å². The molecule has 0 amide bonds. The van der Waals surface area contributed by atoms with Crippen LogP contribution in [0.5, 0.6) is 0 Å². The van der Waals surface area contributed by atoms with Crippen molar-refractivity contribution in [2.75, 3.05) is 0 Å². The van der Waals surface area contributed by atoms with E-state index in [0.29, 0.717) is 11.1 Å². The molecule has 0 aliphatic heterocycles. The molecule has 0 heterocycles. The van der Waals surface area contributed by atoms with Crippen LogP contribution in [-0.4, -0.2) is 3.26 Å². The molecule has 306 valence electrons. The molecule has 2 aromatic rings. The van der Waals surface area contributed by atoms with Crippen LogP contribution in [0.25, 0.3) is 0 Å². The number of hydrogen-bond donors (Lipinski definition) is 0. The molecule has 6 aliphatic carbocycles. The third-order valence-electron chi connectivity index (χ3n) is 17.2. The summed E-state index contributed by atoms with van der Waals surface area (Å²) < 4.78 is 86.8. The van der Waals surface area contributed by atoms with Crippen LogP contribution < -0.4 is 24.8 Å². The molecule has 0 radical (unpaired) electrons. The Morgan fingerprint density at radius 1 is 0.586 bits per heavy atom. The summed E-state index contributed by atoms with van der Waals surface area (Å²) in [6.45, 7) is 19.6. The molecule has 0 bridgehead atoms. The average molecular weight is 1000 g/mol. The molecule has 6 aliphatic rings. The van der Waals surface area contributed by atoms with Gasteiger partial charge in [-0.2, -0.15) is 0 Å². The first-order valence-corrected chi connectivity index (χ1v) is 25.3. The third-order valence-corrected chi connectivity index (χ3v) is 30.6. The minimum Gasteiger partial charge on any atom is -1.00 e. The number of hydrogen-bond acceptors (Lipinski definition) is 0. The fraction of sp³-hybridized carbons (Fsp3) is 0.408. The number of rotatable bonds is 4. The summed E-state index contributed by atoms with van der Waals surface area (Å²) in [6.07, 6.45) is 23.7. The molecule has 0 aromatic heterocycles. The fourth-order valence-corrected chi connectivity index (χ4v) is 29.9. The number of halogens is 8. The molecule has 9 heteroatoms. The Bertz CT molecular complexity index is 2230. The zero-order chi connectivity index (χ0) is 40.5. The van der Waals surface area contributed by atoms with Gasteiger partial charge >= 0.3 is 337 Å². The number of allylic oxidation sites excluding steroid dienone is 16. The molecule has 2 aromatic carbocycles. The molecular weight excluding hydrogens is 952 g/mol. The first-order chi connectivity index (χ1) is 26.1. The molecule has 0 N–H and O–H groups in total. The van der Waals surface area contributed by atoms with Crippen molar-refractivity contribution in [1.82, 2.24) is 0 Å². The zero-order valence-corrected chi connectivity index (χ0v) is 39.2. The van der Waals surface area contributed by atoms with E-state index in [-0.39, 0.29) is 56.1 Å². The third kappa shape index (κ3) is 5.33. The van der Waals surface area contributed by atoms with Crippen molar-refractivity contribution >= 4 is 3.26 Å². The summed E-state index contributed by atoms with van der Waals surface area (Å²) in [6, 6.07) is 10.9. The second kappa shape index (κ2) is 14.2. The van der Waals surface area contributed by atoms with Crippen LogP contribution in [0.15, 0.2) is 142 Å². The van der Waals surface area contributed by atoms with Crippen LogP contribution in [0.1, 0.15) is 84.1 Å². The molecule has 2 saturated carbocycles. The van der Waals surface area contributed by atoms with Gasteiger partial charge in [0.1, 0.15) is 0 Å². The predicted molar refractivity (Wildman–Crippen MR) is 211 cm³/mol. The van der Waals surface area contributed by atoms with E-state index in [1.54, 1.807) is 24.3 Å². The van der Waals surface area contributed by atoms with Gasteiger partial charge in [0.05, 0.1) is 0 Å². The smallest absolute Gasteiger partial charge is 1.00 e. The van der Waals surface area contributed by atoms with Crippen molar-refractivity contribution in [1.29, 1.82) is 0 Å². The van der Waals surface area contributed by atoms with E-state index < -0.39 is 60.7 Å². The van der Waals surface area contributed by atoms with Crippen LogP contribution in [0.3, 0.4) is 0 Å². The summed E-state index contributed by atoms with van der Waals surface area (Å²) in [4.78, 5) is 0. The van der Waals surface area contributed by atoms with Crippen molar-refractivity contribution < 1.29 is 72.1 Å². The largest absolute Gasteiger partial charge is 1.00 e. The second-order valence-electron chi connectivity index (χ2n) is 18.3. The van der Waals surface area contributed by atoms with Gasteiger partial charge in [-0.3, -0.25) is 0 Å². The zero-order valence-electron chi connectivity index (χ0n) is 34.1. The summed E-state index contributed by atoms with van der Waals surface area (Å²) in [5.74, 6) is 0.0454. The molecule has 9 unspecified atom stereocenters. The van der Waals surface area contributed by atoms with E-state index in [9.17, 15) is 26.3 Å². The van der Waals surface area contributed by atoms with Gasteiger partial charge in [0.15, 0.2) is 0 Å². The van der Waals surface area contributed by atoms with E-state index in [0.717, 1.165) is 33.9 Å². The van der Waals surface area contributed by atoms with Crippen LogP contribution >= 0.6 is 0 Å². The van der Waals surface area contributed by atoms with Gasteiger partial charge in [0.25, 0.3) is 0 Å². The Labute approximate surface area is 359 Å². The van der Waals surface area contributed by atoms with E-state index in [1.165, 1.54) is 8.90 Å². The molecule has 9 atom stereocenters. The Morgan fingerprint density at radius 2 is 1.03 bits per heavy atom. The maximum atomic E-state index is 14.1. The maximum absolute atomic E-state index is 14.1. The van der Waals surface area contributed by atoms with Crippen molar-refractivity contribution in [3.8, 4) is 0 Å². The minimum atomic E-state index is -4.53. The maximum Gasteiger partial charge on any atom is -1.00 e.